The van der Waals surface area contributed by atoms with E-state index >= 15 is 0 Å². The molecule has 0 unspecified atom stereocenters. The number of thiophene rings is 1. The van der Waals surface area contributed by atoms with Crippen molar-refractivity contribution in [2.45, 2.75) is 13.1 Å². The van der Waals surface area contributed by atoms with Crippen LogP contribution in [0.3, 0.4) is 0 Å². The molecule has 0 aliphatic rings. The Kier molecular flexibility index (Phi) is 4.21. The summed E-state index contributed by atoms with van der Waals surface area (Å²) in [6, 6.07) is 2.00. The third kappa shape index (κ3) is 3.18. The Morgan fingerprint density at radius 1 is 1.50 bits per heavy atom. The first-order chi connectivity index (χ1) is 7.65. The smallest absolute Gasteiger partial charge is 0.304 e. The molecule has 0 aliphatic carbocycles. The van der Waals surface area contributed by atoms with Gasteiger partial charge in [-0.2, -0.15) is 0 Å². The van der Waals surface area contributed by atoms with E-state index in [4.69, 9.17) is 11.6 Å². The van der Waals surface area contributed by atoms with Gasteiger partial charge in [-0.05, 0) is 22.0 Å². The molecule has 2 aromatic heterocycles. The molecule has 0 atom stereocenters. The molecule has 0 fully saturated rings. The van der Waals surface area contributed by atoms with Crippen molar-refractivity contribution in [1.29, 1.82) is 0 Å². The molecule has 2 aromatic rings. The van der Waals surface area contributed by atoms with E-state index in [2.05, 4.69) is 26.2 Å². The number of nitrogens with one attached hydrogen (secondary N) is 2. The van der Waals surface area contributed by atoms with Crippen LogP contribution < -0.4 is 10.2 Å². The van der Waals surface area contributed by atoms with Crippen LogP contribution in [0, 0.1) is 0 Å². The Morgan fingerprint density at radius 2 is 2.31 bits per heavy atom. The molecule has 3 nitrogen and oxygen atoms in total. The molecule has 7 heteroatoms. The van der Waals surface area contributed by atoms with Crippen molar-refractivity contribution in [3.8, 4) is 0 Å². The molecule has 86 valence electrons. The predicted molar refractivity (Wildman–Crippen MR) is 72.5 cm³/mol. The van der Waals surface area contributed by atoms with E-state index in [-0.39, 0.29) is 4.87 Å². The maximum absolute atomic E-state index is 10.9. The van der Waals surface area contributed by atoms with Gasteiger partial charge in [0.2, 0.25) is 0 Å². The summed E-state index contributed by atoms with van der Waals surface area (Å²) in [7, 11) is 0. The molecule has 16 heavy (non-hydrogen) atoms. The third-order valence-corrected chi connectivity index (χ3v) is 5.07. The molecule has 0 amide bonds. The maximum atomic E-state index is 10.9. The molecule has 0 saturated carbocycles. The first kappa shape index (κ1) is 12.3. The van der Waals surface area contributed by atoms with Gasteiger partial charge in [0, 0.05) is 33.5 Å². The quantitative estimate of drug-likeness (QED) is 0.898. The first-order valence-corrected chi connectivity index (χ1v) is 7.33. The fourth-order valence-corrected chi connectivity index (χ4v) is 3.54. The predicted octanol–water partition coefficient (Wildman–Crippen LogP) is 3.20. The summed E-state index contributed by atoms with van der Waals surface area (Å²) >= 11 is 12.0. The van der Waals surface area contributed by atoms with E-state index in [1.165, 1.54) is 11.3 Å². The molecule has 0 spiro atoms. The van der Waals surface area contributed by atoms with Gasteiger partial charge >= 0.3 is 4.87 Å². The summed E-state index contributed by atoms with van der Waals surface area (Å²) in [5, 5.41) is 5.07. The number of H-pyrrole nitrogens is 1. The molecule has 0 bridgehead atoms. The van der Waals surface area contributed by atoms with Crippen LogP contribution >= 0.6 is 50.2 Å². The summed E-state index contributed by atoms with van der Waals surface area (Å²) < 4.78 is 1.70. The van der Waals surface area contributed by atoms with Gasteiger partial charge in [0.1, 0.15) is 4.34 Å². The highest BCUT2D eigenvalue weighted by atomic mass is 79.9. The number of hydrogen-bond donors (Lipinski definition) is 2. The average molecular weight is 340 g/mol. The van der Waals surface area contributed by atoms with Gasteiger partial charge in [-0.15, -0.1) is 11.3 Å². The SMILES string of the molecule is O=c1[nH]c(CNCc2cc(Br)c(Cl)s2)cs1. The van der Waals surface area contributed by atoms with E-state index in [0.717, 1.165) is 25.9 Å². The monoisotopic (exact) mass is 338 g/mol. The second-order valence-electron chi connectivity index (χ2n) is 3.11. The summed E-state index contributed by atoms with van der Waals surface area (Å²) in [6.45, 7) is 1.40. The van der Waals surface area contributed by atoms with Crippen LogP contribution in [0.15, 0.2) is 20.7 Å². The van der Waals surface area contributed by atoms with E-state index in [0.29, 0.717) is 6.54 Å². The lowest BCUT2D eigenvalue weighted by molar-refractivity contribution is 0.688. The van der Waals surface area contributed by atoms with E-state index in [1.807, 2.05) is 11.4 Å². The lowest BCUT2D eigenvalue weighted by Gasteiger charge is -1.99. The van der Waals surface area contributed by atoms with Crippen LogP contribution in [0.4, 0.5) is 0 Å². The van der Waals surface area contributed by atoms with Crippen LogP contribution in [-0.2, 0) is 13.1 Å². The van der Waals surface area contributed by atoms with Crippen molar-refractivity contribution in [2.75, 3.05) is 0 Å². The molecule has 0 aromatic carbocycles. The van der Waals surface area contributed by atoms with Gasteiger partial charge in [-0.1, -0.05) is 22.9 Å². The summed E-state index contributed by atoms with van der Waals surface area (Å²) in [5.74, 6) is 0. The van der Waals surface area contributed by atoms with Crippen molar-refractivity contribution in [3.05, 3.63) is 40.5 Å². The van der Waals surface area contributed by atoms with Crippen LogP contribution in [0.2, 0.25) is 4.34 Å². The van der Waals surface area contributed by atoms with Gasteiger partial charge in [-0.3, -0.25) is 4.79 Å². The zero-order chi connectivity index (χ0) is 11.5. The Morgan fingerprint density at radius 3 is 2.88 bits per heavy atom. The van der Waals surface area contributed by atoms with E-state index < -0.39 is 0 Å². The largest absolute Gasteiger partial charge is 0.315 e. The van der Waals surface area contributed by atoms with Gasteiger partial charge < -0.3 is 10.3 Å². The number of hydrogen-bond acceptors (Lipinski definition) is 4. The zero-order valence-corrected chi connectivity index (χ0v) is 12.0. The zero-order valence-electron chi connectivity index (χ0n) is 8.05. The number of thiazole rings is 1. The van der Waals surface area contributed by atoms with Crippen molar-refractivity contribution in [1.82, 2.24) is 10.3 Å². The Balaban J connectivity index is 1.86. The fourth-order valence-electron chi connectivity index (χ4n) is 1.20. The van der Waals surface area contributed by atoms with Crippen LogP contribution in [-0.4, -0.2) is 4.98 Å². The van der Waals surface area contributed by atoms with Gasteiger partial charge in [0.25, 0.3) is 0 Å². The van der Waals surface area contributed by atoms with Gasteiger partial charge in [0.05, 0.1) is 0 Å². The number of halogens is 2. The highest BCUT2D eigenvalue weighted by Gasteiger charge is 2.04. The average Bonchev–Trinajstić information content (AvgIpc) is 2.75. The van der Waals surface area contributed by atoms with E-state index in [1.54, 1.807) is 11.3 Å². The standard InChI is InChI=1S/C9H8BrClN2OS2/c10-7-1-6(16-8(7)11)3-12-2-5-4-15-9(14)13-5/h1,4,12H,2-3H2,(H,13,14). The molecule has 2 rings (SSSR count). The van der Waals surface area contributed by atoms with Gasteiger partial charge in [0.15, 0.2) is 0 Å². The summed E-state index contributed by atoms with van der Waals surface area (Å²) in [5.41, 5.74) is 0.914. The van der Waals surface area contributed by atoms with Crippen LogP contribution in [0.1, 0.15) is 10.6 Å². The normalized spacial score (nSPS) is 10.9. The van der Waals surface area contributed by atoms with Crippen LogP contribution in [0.5, 0.6) is 0 Å². The second-order valence-corrected chi connectivity index (χ2v) is 6.55. The topological polar surface area (TPSA) is 44.9 Å². The Bertz CT molecular complexity index is 514. The van der Waals surface area contributed by atoms with E-state index in [9.17, 15) is 4.79 Å². The van der Waals surface area contributed by atoms with Crippen molar-refractivity contribution >= 4 is 50.2 Å². The minimum absolute atomic E-state index is 0.0151. The Labute approximate surface area is 114 Å². The molecular formula is C9H8BrClN2OS2. The lowest BCUT2D eigenvalue weighted by Crippen LogP contribution is -2.12. The lowest BCUT2D eigenvalue weighted by atomic mass is 10.4. The highest BCUT2D eigenvalue weighted by Crippen LogP contribution is 2.31. The van der Waals surface area contributed by atoms with Crippen molar-refractivity contribution in [3.63, 3.8) is 0 Å². The van der Waals surface area contributed by atoms with Crippen molar-refractivity contribution < 1.29 is 0 Å². The van der Waals surface area contributed by atoms with Crippen LogP contribution in [0.25, 0.3) is 0 Å². The maximum Gasteiger partial charge on any atom is 0.304 e. The summed E-state index contributed by atoms with van der Waals surface area (Å²) in [4.78, 5) is 14.8. The van der Waals surface area contributed by atoms with Crippen molar-refractivity contribution in [2.24, 2.45) is 0 Å². The molecule has 0 saturated heterocycles. The number of rotatable bonds is 4. The summed E-state index contributed by atoms with van der Waals surface area (Å²) in [6.07, 6.45) is 0. The molecule has 0 radical (unpaired) electrons. The second kappa shape index (κ2) is 5.46. The third-order valence-electron chi connectivity index (χ3n) is 1.88. The molecule has 2 heterocycles. The minimum atomic E-state index is -0.0151. The molecule has 0 aliphatic heterocycles. The number of aromatic amines is 1. The minimum Gasteiger partial charge on any atom is -0.315 e. The number of aromatic nitrogens is 1. The first-order valence-electron chi connectivity index (χ1n) is 4.46. The fraction of sp³-hybridized carbons (Fsp3) is 0.222. The highest BCUT2D eigenvalue weighted by molar-refractivity contribution is 9.10. The molecule has 2 N–H and O–H groups in total. The van der Waals surface area contributed by atoms with Gasteiger partial charge in [-0.25, -0.2) is 0 Å². The molecular weight excluding hydrogens is 332 g/mol. The Hall–Kier alpha value is -0.140.